The molecule has 1 aromatic heterocycles. The molecule has 2 rings (SSSR count). The maximum atomic E-state index is 12.1. The highest BCUT2D eigenvalue weighted by Gasteiger charge is 2.12. The number of benzene rings is 1. The molecule has 1 heterocycles. The first-order valence-corrected chi connectivity index (χ1v) is 6.11. The lowest BCUT2D eigenvalue weighted by Crippen LogP contribution is -2.12. The van der Waals surface area contributed by atoms with E-state index in [4.69, 9.17) is 5.11 Å². The van der Waals surface area contributed by atoms with Crippen LogP contribution in [-0.2, 0) is 7.05 Å². The van der Waals surface area contributed by atoms with E-state index in [0.717, 1.165) is 11.3 Å². The lowest BCUT2D eigenvalue weighted by molar-refractivity contribution is 0.102. The Balaban J connectivity index is 2.10. The maximum absolute atomic E-state index is 12.1. The summed E-state index contributed by atoms with van der Waals surface area (Å²) in [4.78, 5) is 12.1. The van der Waals surface area contributed by atoms with Gasteiger partial charge in [0.25, 0.3) is 5.91 Å². The standard InChI is InChI=1S/C15H15N3O2/c1-11-14(10-16-18(11)2)15(20)17-13-7-5-12(6-8-13)4-3-9-19/h5-8,10,19H,9H2,1-2H3,(H,17,20). The minimum Gasteiger partial charge on any atom is -0.384 e. The third-order valence-electron chi connectivity index (χ3n) is 2.93. The van der Waals surface area contributed by atoms with Crippen molar-refractivity contribution in [2.45, 2.75) is 6.92 Å². The number of anilines is 1. The molecule has 1 aromatic carbocycles. The normalized spacial score (nSPS) is 9.75. The number of carbonyl (C=O) groups excluding carboxylic acids is 1. The van der Waals surface area contributed by atoms with Crippen LogP contribution in [0.2, 0.25) is 0 Å². The summed E-state index contributed by atoms with van der Waals surface area (Å²) in [6.45, 7) is 1.67. The van der Waals surface area contributed by atoms with E-state index in [-0.39, 0.29) is 12.5 Å². The van der Waals surface area contributed by atoms with Crippen LogP contribution in [0.25, 0.3) is 0 Å². The Bertz CT molecular complexity index is 675. The average molecular weight is 269 g/mol. The zero-order valence-electron chi connectivity index (χ0n) is 11.3. The molecule has 0 bridgehead atoms. The van der Waals surface area contributed by atoms with E-state index in [9.17, 15) is 4.79 Å². The molecule has 0 aliphatic rings. The number of carbonyl (C=O) groups is 1. The Morgan fingerprint density at radius 3 is 2.65 bits per heavy atom. The summed E-state index contributed by atoms with van der Waals surface area (Å²) in [7, 11) is 1.79. The van der Waals surface area contributed by atoms with Crippen LogP contribution in [0.1, 0.15) is 21.6 Å². The molecule has 0 saturated carbocycles. The van der Waals surface area contributed by atoms with Gasteiger partial charge in [0.1, 0.15) is 6.61 Å². The fraction of sp³-hybridized carbons (Fsp3) is 0.200. The van der Waals surface area contributed by atoms with Crippen molar-refractivity contribution in [1.29, 1.82) is 0 Å². The van der Waals surface area contributed by atoms with Gasteiger partial charge in [-0.25, -0.2) is 0 Å². The lowest BCUT2D eigenvalue weighted by atomic mass is 10.2. The molecule has 2 aromatic rings. The topological polar surface area (TPSA) is 67.2 Å². The second-order valence-corrected chi connectivity index (χ2v) is 4.26. The zero-order valence-corrected chi connectivity index (χ0v) is 11.3. The van der Waals surface area contributed by atoms with E-state index in [1.54, 1.807) is 42.2 Å². The fourth-order valence-electron chi connectivity index (χ4n) is 1.70. The van der Waals surface area contributed by atoms with Crippen LogP contribution in [0.5, 0.6) is 0 Å². The average Bonchev–Trinajstić information content (AvgIpc) is 2.78. The van der Waals surface area contributed by atoms with Crippen molar-refractivity contribution in [1.82, 2.24) is 9.78 Å². The SMILES string of the molecule is Cc1c(C(=O)Nc2ccc(C#CCO)cc2)cnn1C. The molecule has 0 spiro atoms. The molecule has 102 valence electrons. The second-order valence-electron chi connectivity index (χ2n) is 4.26. The van der Waals surface area contributed by atoms with Gasteiger partial charge in [0.2, 0.25) is 0 Å². The molecule has 0 aliphatic carbocycles. The number of nitrogens with one attached hydrogen (secondary N) is 1. The number of nitrogens with zero attached hydrogens (tertiary/aromatic N) is 2. The Morgan fingerprint density at radius 2 is 2.10 bits per heavy atom. The number of hydrogen-bond acceptors (Lipinski definition) is 3. The minimum atomic E-state index is -0.190. The second kappa shape index (κ2) is 6.04. The quantitative estimate of drug-likeness (QED) is 0.808. The largest absolute Gasteiger partial charge is 0.384 e. The van der Waals surface area contributed by atoms with Gasteiger partial charge in [0.15, 0.2) is 0 Å². The van der Waals surface area contributed by atoms with Gasteiger partial charge in [-0.3, -0.25) is 9.48 Å². The van der Waals surface area contributed by atoms with E-state index in [1.165, 1.54) is 0 Å². The monoisotopic (exact) mass is 269 g/mol. The van der Waals surface area contributed by atoms with Gasteiger partial charge in [0.05, 0.1) is 11.8 Å². The van der Waals surface area contributed by atoms with Gasteiger partial charge < -0.3 is 10.4 Å². The van der Waals surface area contributed by atoms with Crippen LogP contribution < -0.4 is 5.32 Å². The summed E-state index contributed by atoms with van der Waals surface area (Å²) < 4.78 is 1.66. The predicted octanol–water partition coefficient (Wildman–Crippen LogP) is 1.32. The van der Waals surface area contributed by atoms with Crippen molar-refractivity contribution < 1.29 is 9.90 Å². The Morgan fingerprint density at radius 1 is 1.40 bits per heavy atom. The fourth-order valence-corrected chi connectivity index (χ4v) is 1.70. The smallest absolute Gasteiger partial charge is 0.259 e. The molecule has 1 amide bonds. The number of aromatic nitrogens is 2. The van der Waals surface area contributed by atoms with Crippen molar-refractivity contribution >= 4 is 11.6 Å². The summed E-state index contributed by atoms with van der Waals surface area (Å²) in [5.41, 5.74) is 2.84. The number of aryl methyl sites for hydroxylation is 1. The van der Waals surface area contributed by atoms with Gasteiger partial charge >= 0.3 is 0 Å². The van der Waals surface area contributed by atoms with Crippen molar-refractivity contribution in [3.05, 3.63) is 47.3 Å². The van der Waals surface area contributed by atoms with E-state index < -0.39 is 0 Å². The summed E-state index contributed by atoms with van der Waals surface area (Å²) in [6.07, 6.45) is 1.55. The van der Waals surface area contributed by atoms with Crippen LogP contribution in [0.4, 0.5) is 5.69 Å². The van der Waals surface area contributed by atoms with E-state index >= 15 is 0 Å². The molecule has 0 aliphatic heterocycles. The van der Waals surface area contributed by atoms with Crippen LogP contribution in [0.3, 0.4) is 0 Å². The van der Waals surface area contributed by atoms with Crippen LogP contribution in [0.15, 0.2) is 30.5 Å². The van der Waals surface area contributed by atoms with Crippen LogP contribution >= 0.6 is 0 Å². The van der Waals surface area contributed by atoms with Gasteiger partial charge in [0, 0.05) is 24.0 Å². The molecule has 0 atom stereocenters. The van der Waals surface area contributed by atoms with E-state index in [0.29, 0.717) is 11.3 Å². The van der Waals surface area contributed by atoms with E-state index in [1.807, 2.05) is 6.92 Å². The Kier molecular flexibility index (Phi) is 4.18. The molecule has 0 fully saturated rings. The predicted molar refractivity (Wildman–Crippen MR) is 76.3 cm³/mol. The van der Waals surface area contributed by atoms with Crippen LogP contribution in [-0.4, -0.2) is 27.4 Å². The Labute approximate surface area is 117 Å². The zero-order chi connectivity index (χ0) is 14.5. The molecule has 2 N–H and O–H groups in total. The molecule has 5 heteroatoms. The first-order valence-electron chi connectivity index (χ1n) is 6.11. The first-order chi connectivity index (χ1) is 9.61. The molecule has 0 unspecified atom stereocenters. The van der Waals surface area contributed by atoms with Gasteiger partial charge in [-0.1, -0.05) is 11.8 Å². The molecule has 20 heavy (non-hydrogen) atoms. The lowest BCUT2D eigenvalue weighted by Gasteiger charge is -2.04. The molecule has 0 saturated heterocycles. The summed E-state index contributed by atoms with van der Waals surface area (Å²) in [5.74, 6) is 5.17. The number of rotatable bonds is 2. The van der Waals surface area contributed by atoms with E-state index in [2.05, 4.69) is 22.3 Å². The van der Waals surface area contributed by atoms with Gasteiger partial charge in [-0.05, 0) is 31.2 Å². The molecular weight excluding hydrogens is 254 g/mol. The summed E-state index contributed by atoms with van der Waals surface area (Å²) >= 11 is 0. The molecular formula is C15H15N3O2. The third-order valence-corrected chi connectivity index (χ3v) is 2.93. The number of amides is 1. The molecule has 5 nitrogen and oxygen atoms in total. The minimum absolute atomic E-state index is 0.168. The highest BCUT2D eigenvalue weighted by Crippen LogP contribution is 2.12. The number of aliphatic hydroxyl groups excluding tert-OH is 1. The van der Waals surface area contributed by atoms with Crippen molar-refractivity contribution in [3.8, 4) is 11.8 Å². The summed E-state index contributed by atoms with van der Waals surface area (Å²) in [6, 6.07) is 7.11. The first kappa shape index (κ1) is 13.8. The molecule has 0 radical (unpaired) electrons. The number of hydrogen-bond donors (Lipinski definition) is 2. The van der Waals surface area contributed by atoms with Gasteiger partial charge in [-0.15, -0.1) is 0 Å². The maximum Gasteiger partial charge on any atom is 0.259 e. The van der Waals surface area contributed by atoms with Crippen molar-refractivity contribution in [2.75, 3.05) is 11.9 Å². The highest BCUT2D eigenvalue weighted by molar-refractivity contribution is 6.04. The van der Waals surface area contributed by atoms with Crippen molar-refractivity contribution in [3.63, 3.8) is 0 Å². The highest BCUT2D eigenvalue weighted by atomic mass is 16.2. The van der Waals surface area contributed by atoms with Crippen LogP contribution in [0, 0.1) is 18.8 Å². The summed E-state index contributed by atoms with van der Waals surface area (Å²) in [5, 5.41) is 15.5. The van der Waals surface area contributed by atoms with Gasteiger partial charge in [-0.2, -0.15) is 5.10 Å². The van der Waals surface area contributed by atoms with Crippen molar-refractivity contribution in [2.24, 2.45) is 7.05 Å². The number of aliphatic hydroxyl groups is 1. The Hall–Kier alpha value is -2.58. The third kappa shape index (κ3) is 3.05.